The lowest BCUT2D eigenvalue weighted by molar-refractivity contribution is -0.124. The van der Waals surface area contributed by atoms with Gasteiger partial charge in [-0.1, -0.05) is 64.5 Å². The van der Waals surface area contributed by atoms with E-state index in [2.05, 4.69) is 26.5 Å². The highest BCUT2D eigenvalue weighted by Gasteiger charge is 2.18. The summed E-state index contributed by atoms with van der Waals surface area (Å²) in [6.07, 6.45) is 0.116. The fourth-order valence-corrected chi connectivity index (χ4v) is 3.30. The van der Waals surface area contributed by atoms with E-state index in [1.165, 1.54) is 0 Å². The molecule has 0 atom stereocenters. The Labute approximate surface area is 184 Å². The first-order valence-corrected chi connectivity index (χ1v) is 10.4. The summed E-state index contributed by atoms with van der Waals surface area (Å²) in [4.78, 5) is 26.8. The Morgan fingerprint density at radius 2 is 1.47 bits per heavy atom. The quantitative estimate of drug-likeness (QED) is 0.374. The Balaban J connectivity index is 1.64. The minimum Gasteiger partial charge on any atom is -0.281 e. The molecule has 0 aliphatic heterocycles. The standard InChI is InChI=1S/C24H22BrN3O2/c1-18(19-9-8-10-20(25)17-19)26-27-23(29)15-16-24(30)28(21-11-4-2-5-12-21)22-13-6-3-7-14-22/h2-14,17H,15-16H2,1H3,(H,27,29). The van der Waals surface area contributed by atoms with Crippen LogP contribution in [0.3, 0.4) is 0 Å². The molecule has 3 aromatic rings. The van der Waals surface area contributed by atoms with E-state index in [4.69, 9.17) is 0 Å². The van der Waals surface area contributed by atoms with E-state index in [1.54, 1.807) is 4.90 Å². The summed E-state index contributed by atoms with van der Waals surface area (Å²) in [5, 5.41) is 4.15. The highest BCUT2D eigenvalue weighted by atomic mass is 79.9. The highest BCUT2D eigenvalue weighted by molar-refractivity contribution is 9.10. The van der Waals surface area contributed by atoms with Crippen LogP contribution in [-0.2, 0) is 9.59 Å². The molecule has 0 saturated carbocycles. The summed E-state index contributed by atoms with van der Waals surface area (Å²) in [7, 11) is 0. The molecule has 0 heterocycles. The number of nitrogens with one attached hydrogen (secondary N) is 1. The van der Waals surface area contributed by atoms with Crippen molar-refractivity contribution in [2.75, 3.05) is 4.90 Å². The molecule has 0 bridgehead atoms. The maximum absolute atomic E-state index is 13.0. The smallest absolute Gasteiger partial charge is 0.240 e. The molecule has 0 unspecified atom stereocenters. The monoisotopic (exact) mass is 463 g/mol. The number of amides is 2. The minimum absolute atomic E-state index is 0.0459. The van der Waals surface area contributed by atoms with Gasteiger partial charge >= 0.3 is 0 Å². The van der Waals surface area contributed by atoms with Crippen molar-refractivity contribution in [3.05, 3.63) is 95.0 Å². The third-order valence-corrected chi connectivity index (χ3v) is 4.93. The first-order valence-electron chi connectivity index (χ1n) is 9.57. The average Bonchev–Trinajstić information content (AvgIpc) is 2.77. The number of anilines is 2. The van der Waals surface area contributed by atoms with Crippen LogP contribution in [0.4, 0.5) is 11.4 Å². The third-order valence-electron chi connectivity index (χ3n) is 4.43. The van der Waals surface area contributed by atoms with Gasteiger partial charge in [-0.2, -0.15) is 5.10 Å². The molecule has 5 nitrogen and oxygen atoms in total. The van der Waals surface area contributed by atoms with Crippen molar-refractivity contribution in [3.63, 3.8) is 0 Å². The maximum Gasteiger partial charge on any atom is 0.240 e. The van der Waals surface area contributed by atoms with Crippen LogP contribution in [0.5, 0.6) is 0 Å². The minimum atomic E-state index is -0.307. The predicted octanol–water partition coefficient (Wildman–Crippen LogP) is 5.43. The predicted molar refractivity (Wildman–Crippen MR) is 124 cm³/mol. The van der Waals surface area contributed by atoms with Crippen molar-refractivity contribution in [1.82, 2.24) is 5.43 Å². The lowest BCUT2D eigenvalue weighted by Crippen LogP contribution is -2.28. The number of halogens is 1. The van der Waals surface area contributed by atoms with E-state index in [0.29, 0.717) is 5.71 Å². The summed E-state index contributed by atoms with van der Waals surface area (Å²) >= 11 is 3.42. The zero-order valence-electron chi connectivity index (χ0n) is 16.6. The number of carbonyl (C=O) groups is 2. The normalized spacial score (nSPS) is 11.1. The number of para-hydroxylation sites is 2. The molecular weight excluding hydrogens is 442 g/mol. The van der Waals surface area contributed by atoms with Crippen LogP contribution in [-0.4, -0.2) is 17.5 Å². The number of hydrazone groups is 1. The highest BCUT2D eigenvalue weighted by Crippen LogP contribution is 2.26. The molecule has 0 aliphatic carbocycles. The van der Waals surface area contributed by atoms with Gasteiger partial charge in [0.1, 0.15) is 0 Å². The van der Waals surface area contributed by atoms with Crippen LogP contribution in [0, 0.1) is 0 Å². The Morgan fingerprint density at radius 3 is 2.03 bits per heavy atom. The first kappa shape index (κ1) is 21.5. The Morgan fingerprint density at radius 1 is 0.867 bits per heavy atom. The van der Waals surface area contributed by atoms with Crippen molar-refractivity contribution in [3.8, 4) is 0 Å². The number of hydrogen-bond donors (Lipinski definition) is 1. The van der Waals surface area contributed by atoms with Crippen molar-refractivity contribution >= 4 is 44.8 Å². The van der Waals surface area contributed by atoms with E-state index in [1.807, 2.05) is 91.9 Å². The SMILES string of the molecule is CC(=NNC(=O)CCC(=O)N(c1ccccc1)c1ccccc1)c1cccc(Br)c1. The van der Waals surface area contributed by atoms with Gasteiger partial charge in [0.05, 0.1) is 5.71 Å². The molecule has 0 aliphatic rings. The van der Waals surface area contributed by atoms with Crippen LogP contribution in [0.1, 0.15) is 25.3 Å². The summed E-state index contributed by atoms with van der Waals surface area (Å²) in [6, 6.07) is 26.5. The Kier molecular flexibility index (Phi) is 7.51. The summed E-state index contributed by atoms with van der Waals surface area (Å²) in [5.74, 6) is -0.464. The fraction of sp³-hybridized carbons (Fsp3) is 0.125. The molecule has 0 radical (unpaired) electrons. The van der Waals surface area contributed by atoms with E-state index in [-0.39, 0.29) is 24.7 Å². The number of benzene rings is 3. The lowest BCUT2D eigenvalue weighted by atomic mass is 10.1. The van der Waals surface area contributed by atoms with Crippen LogP contribution in [0.25, 0.3) is 0 Å². The molecule has 2 amide bonds. The molecule has 1 N–H and O–H groups in total. The molecular formula is C24H22BrN3O2. The Bertz CT molecular complexity index is 997. The fourth-order valence-electron chi connectivity index (χ4n) is 2.90. The summed E-state index contributed by atoms with van der Waals surface area (Å²) in [6.45, 7) is 1.82. The number of rotatable bonds is 7. The molecule has 152 valence electrons. The van der Waals surface area contributed by atoms with Gasteiger partial charge in [0.25, 0.3) is 0 Å². The van der Waals surface area contributed by atoms with E-state index >= 15 is 0 Å². The topological polar surface area (TPSA) is 61.8 Å². The van der Waals surface area contributed by atoms with E-state index in [0.717, 1.165) is 21.4 Å². The maximum atomic E-state index is 13.0. The van der Waals surface area contributed by atoms with Gasteiger partial charge in [-0.25, -0.2) is 5.43 Å². The molecule has 0 aromatic heterocycles. The molecule has 0 spiro atoms. The molecule has 6 heteroatoms. The molecule has 0 saturated heterocycles. The van der Waals surface area contributed by atoms with Crippen molar-refractivity contribution < 1.29 is 9.59 Å². The van der Waals surface area contributed by atoms with Crippen molar-refractivity contribution in [2.45, 2.75) is 19.8 Å². The van der Waals surface area contributed by atoms with E-state index in [9.17, 15) is 9.59 Å². The summed E-state index contributed by atoms with van der Waals surface area (Å²) in [5.41, 5.74) is 5.65. The lowest BCUT2D eigenvalue weighted by Gasteiger charge is -2.23. The van der Waals surface area contributed by atoms with Gasteiger partial charge in [-0.05, 0) is 48.9 Å². The number of hydrogen-bond acceptors (Lipinski definition) is 3. The van der Waals surface area contributed by atoms with Gasteiger partial charge in [0.2, 0.25) is 11.8 Å². The third kappa shape index (κ3) is 5.87. The molecule has 30 heavy (non-hydrogen) atoms. The van der Waals surface area contributed by atoms with Gasteiger partial charge in [0, 0.05) is 28.7 Å². The van der Waals surface area contributed by atoms with Crippen LogP contribution in [0.2, 0.25) is 0 Å². The van der Waals surface area contributed by atoms with Gasteiger partial charge in [0.15, 0.2) is 0 Å². The van der Waals surface area contributed by atoms with Crippen molar-refractivity contribution in [2.24, 2.45) is 5.10 Å². The Hall–Kier alpha value is -3.25. The second-order valence-corrected chi connectivity index (χ2v) is 7.56. The molecule has 3 aromatic carbocycles. The van der Waals surface area contributed by atoms with Crippen LogP contribution >= 0.6 is 15.9 Å². The second-order valence-electron chi connectivity index (χ2n) is 6.64. The summed E-state index contributed by atoms with van der Waals surface area (Å²) < 4.78 is 0.938. The number of carbonyl (C=O) groups excluding carboxylic acids is 2. The second kappa shape index (κ2) is 10.5. The zero-order valence-corrected chi connectivity index (χ0v) is 18.2. The molecule has 0 fully saturated rings. The average molecular weight is 464 g/mol. The van der Waals surface area contributed by atoms with E-state index < -0.39 is 0 Å². The zero-order chi connectivity index (χ0) is 21.3. The number of nitrogens with zero attached hydrogens (tertiary/aromatic N) is 2. The van der Waals surface area contributed by atoms with Gasteiger partial charge in [-0.3, -0.25) is 14.5 Å². The van der Waals surface area contributed by atoms with Crippen LogP contribution in [0.15, 0.2) is 94.5 Å². The van der Waals surface area contributed by atoms with Crippen molar-refractivity contribution in [1.29, 1.82) is 0 Å². The van der Waals surface area contributed by atoms with Crippen LogP contribution < -0.4 is 10.3 Å². The first-order chi connectivity index (χ1) is 14.5. The van der Waals surface area contributed by atoms with Gasteiger partial charge in [-0.15, -0.1) is 0 Å². The largest absolute Gasteiger partial charge is 0.281 e. The molecule has 3 rings (SSSR count). The van der Waals surface area contributed by atoms with Gasteiger partial charge < -0.3 is 0 Å².